The van der Waals surface area contributed by atoms with Crippen molar-refractivity contribution in [2.24, 2.45) is 57.2 Å². The lowest BCUT2D eigenvalue weighted by atomic mass is 9.59. The van der Waals surface area contributed by atoms with Crippen LogP contribution in [0.25, 0.3) is 10.5 Å². The predicted molar refractivity (Wildman–Crippen MR) is 301 cm³/mol. The van der Waals surface area contributed by atoms with Gasteiger partial charge in [0, 0.05) is 49.3 Å². The summed E-state index contributed by atoms with van der Waals surface area (Å²) in [5.74, 6) is 0.903. The number of esters is 1. The zero-order chi connectivity index (χ0) is 56.1. The maximum atomic E-state index is 15.1. The van der Waals surface area contributed by atoms with Crippen LogP contribution in [0.5, 0.6) is 5.88 Å². The van der Waals surface area contributed by atoms with Gasteiger partial charge in [-0.3, -0.25) is 9.28 Å². The number of carbonyl (C=O) groups excluding carboxylic acids is 3. The molecule has 0 aliphatic heterocycles. The number of fused-ring (bicyclic) bond motifs is 1. The molecule has 2 aromatic rings. The summed E-state index contributed by atoms with van der Waals surface area (Å²) in [6, 6.07) is -0.521. The van der Waals surface area contributed by atoms with Gasteiger partial charge in [0.05, 0.1) is 30.6 Å². The Kier molecular flexibility index (Phi) is 20.3. The number of nitrogens with one attached hydrogen (secondary N) is 2. The van der Waals surface area contributed by atoms with Crippen LogP contribution in [-0.4, -0.2) is 97.8 Å². The summed E-state index contributed by atoms with van der Waals surface area (Å²) in [7, 11) is 0. The lowest BCUT2D eigenvalue weighted by Crippen LogP contribution is -2.53. The van der Waals surface area contributed by atoms with Crippen molar-refractivity contribution >= 4 is 40.6 Å². The largest absolute Gasteiger partial charge is 0.459 e. The molecule has 0 bridgehead atoms. The van der Waals surface area contributed by atoms with Crippen LogP contribution in [0.15, 0.2) is 25.3 Å². The van der Waals surface area contributed by atoms with Gasteiger partial charge in [0.15, 0.2) is 16.7 Å². The lowest BCUT2D eigenvalue weighted by molar-refractivity contribution is -0.0922. The van der Waals surface area contributed by atoms with E-state index in [1.54, 1.807) is 12.2 Å². The minimum absolute atomic E-state index is 0.0308. The maximum Gasteiger partial charge on any atom is 0.416 e. The first kappa shape index (κ1) is 61.0. The molecule has 15 nitrogen and oxygen atoms in total. The molecule has 76 heavy (non-hydrogen) atoms. The van der Waals surface area contributed by atoms with Gasteiger partial charge in [0.25, 0.3) is 5.69 Å². The monoisotopic (exact) mass is 1080 g/mol. The summed E-state index contributed by atoms with van der Waals surface area (Å²) in [6.07, 6.45) is 11.7. The number of alkyl carbamates (subject to hydrolysis) is 1. The molecule has 0 spiro atoms. The van der Waals surface area contributed by atoms with Crippen LogP contribution < -0.4 is 10.1 Å². The Morgan fingerprint density at radius 2 is 1.32 bits per heavy atom. The number of H-pyrrole nitrogens is 1. The third-order valence-electron chi connectivity index (χ3n) is 17.2. The number of amides is 2. The summed E-state index contributed by atoms with van der Waals surface area (Å²) in [6.45, 7) is 47.8. The highest BCUT2D eigenvalue weighted by molar-refractivity contribution is 7.80. The summed E-state index contributed by atoms with van der Waals surface area (Å²) in [5.41, 5.74) is -0.757. The van der Waals surface area contributed by atoms with E-state index in [1.807, 2.05) is 0 Å². The Morgan fingerprint density at radius 3 is 1.82 bits per heavy atom. The van der Waals surface area contributed by atoms with Gasteiger partial charge >= 0.3 is 18.2 Å². The molecule has 16 heteroatoms. The van der Waals surface area contributed by atoms with Gasteiger partial charge in [-0.25, -0.2) is 32.9 Å². The predicted octanol–water partition coefficient (Wildman–Crippen LogP) is 13.9. The van der Waals surface area contributed by atoms with Crippen molar-refractivity contribution in [3.8, 4) is 5.88 Å². The molecule has 6 rings (SSSR count). The standard InChI is InChI=1S/C60H96N6O9S/c1-18-28-65(29-19-2)56(69)74-53-48(61-17)47(54(67)72-49-41(57(5,6)7)32-37(3)33-42(49)58(8,9)10)52-63-51(64-66(52)53)39-26-27-46(71-30-23-31-76(70)75-40-24-21-20-22-25-40)45(36-39)62-55(68)73-50-43(59(11,12)13)34-38(4)35-44(50)60(14,15)16/h18-19,37-46,49-50H,1-2,20-36H2,3-16H3,(H,62,68)(H,63,64). The van der Waals surface area contributed by atoms with Crippen molar-refractivity contribution < 1.29 is 41.7 Å². The molecule has 8 atom stereocenters. The Labute approximate surface area is 458 Å². The number of rotatable bonds is 17. The molecule has 0 saturated heterocycles. The first-order valence-corrected chi connectivity index (χ1v) is 29.8. The summed E-state index contributed by atoms with van der Waals surface area (Å²) < 4.78 is 46.4. The van der Waals surface area contributed by atoms with E-state index in [0.29, 0.717) is 55.7 Å². The zero-order valence-electron chi connectivity index (χ0n) is 48.9. The topological polar surface area (TPSA) is 167 Å². The van der Waals surface area contributed by atoms with Gasteiger partial charge in [0.2, 0.25) is 5.88 Å². The molecule has 2 N–H and O–H groups in total. The van der Waals surface area contributed by atoms with Crippen LogP contribution in [0.4, 0.5) is 15.3 Å². The summed E-state index contributed by atoms with van der Waals surface area (Å²) >= 11 is -1.42. The van der Waals surface area contributed by atoms with Gasteiger partial charge < -0.3 is 29.2 Å². The SMILES string of the molecule is [C-]#[N+]c1c(C(=O)OC2C(C(C)(C)C)CC(C)CC2C(C)(C)C)c2nc(C3CCC(OCCCS(=O)OC4CCCCC4)C(NC(=O)OC4C(C(C)(C)C)CC(C)CC4C(C)(C)C)C3)[nH]n2c1OC(=O)N(CC=C)CC=C. The molecule has 4 aliphatic rings. The smallest absolute Gasteiger partial charge is 0.416 e. The molecule has 4 fully saturated rings. The molecule has 2 heterocycles. The van der Waals surface area contributed by atoms with Crippen molar-refractivity contribution in [1.29, 1.82) is 0 Å². The van der Waals surface area contributed by atoms with Crippen LogP contribution >= 0.6 is 0 Å². The molecule has 2 aromatic heterocycles. The van der Waals surface area contributed by atoms with Gasteiger partial charge in [-0.2, -0.15) is 0 Å². The highest BCUT2D eigenvalue weighted by Crippen LogP contribution is 2.52. The van der Waals surface area contributed by atoms with Crippen molar-refractivity contribution in [3.63, 3.8) is 0 Å². The first-order valence-electron chi connectivity index (χ1n) is 28.6. The molecule has 0 aromatic carbocycles. The average Bonchev–Trinajstić information content (AvgIpc) is 3.88. The molecule has 4 aliphatic carbocycles. The fourth-order valence-corrected chi connectivity index (χ4v) is 13.9. The van der Waals surface area contributed by atoms with Crippen LogP contribution in [0.3, 0.4) is 0 Å². The fourth-order valence-electron chi connectivity index (χ4n) is 13.0. The highest BCUT2D eigenvalue weighted by atomic mass is 32.2. The van der Waals surface area contributed by atoms with Gasteiger partial charge in [-0.05, 0) is 97.7 Å². The molecular formula is C60H96N6O9S. The third-order valence-corrected chi connectivity index (χ3v) is 18.3. The van der Waals surface area contributed by atoms with E-state index >= 15 is 4.79 Å². The Balaban J connectivity index is 1.35. The normalized spacial score (nSPS) is 28.5. The van der Waals surface area contributed by atoms with Gasteiger partial charge in [-0.1, -0.05) is 128 Å². The van der Waals surface area contributed by atoms with E-state index in [-0.39, 0.29) is 99.3 Å². The van der Waals surface area contributed by atoms with Crippen molar-refractivity contribution in [2.75, 3.05) is 25.4 Å². The molecule has 4 saturated carbocycles. The van der Waals surface area contributed by atoms with E-state index in [9.17, 15) is 13.8 Å². The molecular weight excluding hydrogens is 981 g/mol. The van der Waals surface area contributed by atoms with Crippen LogP contribution in [0, 0.1) is 63.7 Å². The van der Waals surface area contributed by atoms with E-state index in [4.69, 9.17) is 34.7 Å². The van der Waals surface area contributed by atoms with E-state index in [2.05, 4.69) is 125 Å². The molecule has 8 unspecified atom stereocenters. The van der Waals surface area contributed by atoms with Crippen LogP contribution in [0.2, 0.25) is 0 Å². The number of nitrogens with zero attached hydrogens (tertiary/aromatic N) is 4. The molecule has 0 radical (unpaired) electrons. The molecule has 426 valence electrons. The number of aromatic amines is 1. The first-order chi connectivity index (χ1) is 35.5. The second kappa shape index (κ2) is 25.3. The number of hydrogen-bond acceptors (Lipinski definition) is 10. The van der Waals surface area contributed by atoms with E-state index in [1.165, 1.54) is 15.8 Å². The van der Waals surface area contributed by atoms with Crippen molar-refractivity contribution in [2.45, 2.75) is 217 Å². The van der Waals surface area contributed by atoms with Crippen LogP contribution in [-0.2, 0) is 29.5 Å². The highest BCUT2D eigenvalue weighted by Gasteiger charge is 2.50. The Morgan fingerprint density at radius 1 is 0.789 bits per heavy atom. The van der Waals surface area contributed by atoms with Crippen LogP contribution in [0.1, 0.15) is 203 Å². The van der Waals surface area contributed by atoms with E-state index in [0.717, 1.165) is 51.4 Å². The minimum atomic E-state index is -1.42. The molecule has 2 amide bonds. The maximum absolute atomic E-state index is 15.1. The minimum Gasteiger partial charge on any atom is -0.459 e. The Hall–Kier alpha value is -4.20. The third kappa shape index (κ3) is 15.1. The van der Waals surface area contributed by atoms with Gasteiger partial charge in [-0.15, -0.1) is 13.2 Å². The quantitative estimate of drug-likeness (QED) is 0.0673. The van der Waals surface area contributed by atoms with Crippen molar-refractivity contribution in [1.82, 2.24) is 24.8 Å². The average molecular weight is 1080 g/mol. The number of carbonyl (C=O) groups is 3. The zero-order valence-corrected chi connectivity index (χ0v) is 49.7. The summed E-state index contributed by atoms with van der Waals surface area (Å²) in [4.78, 5) is 53.8. The second-order valence-corrected chi connectivity index (χ2v) is 28.6. The summed E-state index contributed by atoms with van der Waals surface area (Å²) in [5, 5.41) is 6.64. The van der Waals surface area contributed by atoms with Gasteiger partial charge in [0.1, 0.15) is 23.6 Å². The lowest BCUT2D eigenvalue weighted by Gasteiger charge is -2.50. The second-order valence-electron chi connectivity index (χ2n) is 27.4. The number of hydrogen-bond donors (Lipinski definition) is 2. The number of aromatic nitrogens is 3. The van der Waals surface area contributed by atoms with E-state index < -0.39 is 47.5 Å². The fraction of sp³-hybridized carbons (Fsp3) is 0.783. The number of ether oxygens (including phenoxy) is 4. The Bertz CT molecular complexity index is 2330. The van der Waals surface area contributed by atoms with Crippen molar-refractivity contribution in [3.05, 3.63) is 48.1 Å².